The molecule has 0 radical (unpaired) electrons. The Bertz CT molecular complexity index is 988. The van der Waals surface area contributed by atoms with Crippen molar-refractivity contribution in [2.24, 2.45) is 0 Å². The summed E-state index contributed by atoms with van der Waals surface area (Å²) >= 11 is 6.13. The molecule has 7 nitrogen and oxygen atoms in total. The normalized spacial score (nSPS) is 16.9. The van der Waals surface area contributed by atoms with E-state index in [1.165, 1.54) is 0 Å². The summed E-state index contributed by atoms with van der Waals surface area (Å²) in [6.45, 7) is 3.81. The van der Waals surface area contributed by atoms with Crippen molar-refractivity contribution < 1.29 is 4.79 Å². The average Bonchev–Trinajstić information content (AvgIpc) is 3.18. The summed E-state index contributed by atoms with van der Waals surface area (Å²) in [5.41, 5.74) is 2.65. The molecule has 8 heteroatoms. The highest BCUT2D eigenvalue weighted by atomic mass is 35.5. The largest absolute Gasteiger partial charge is 0.376 e. The minimum absolute atomic E-state index is 0.0271. The van der Waals surface area contributed by atoms with E-state index in [4.69, 9.17) is 11.6 Å². The van der Waals surface area contributed by atoms with Crippen molar-refractivity contribution >= 4 is 40.0 Å². The second-order valence-electron chi connectivity index (χ2n) is 7.06. The van der Waals surface area contributed by atoms with E-state index in [0.717, 1.165) is 54.0 Å². The minimum Gasteiger partial charge on any atom is -0.376 e. The molecule has 0 unspecified atom stereocenters. The number of nitrogens with zero attached hydrogens (tertiary/aromatic N) is 3. The molecular formula is C20H23ClN6O. The van der Waals surface area contributed by atoms with Gasteiger partial charge in [0.15, 0.2) is 0 Å². The van der Waals surface area contributed by atoms with Crippen molar-refractivity contribution in [1.82, 2.24) is 20.3 Å². The number of amides is 1. The zero-order valence-electron chi connectivity index (χ0n) is 15.7. The Kier molecular flexibility index (Phi) is 5.34. The fourth-order valence-corrected chi connectivity index (χ4v) is 3.83. The second kappa shape index (κ2) is 8.06. The van der Waals surface area contributed by atoms with Gasteiger partial charge in [0.1, 0.15) is 17.8 Å². The maximum atomic E-state index is 12.4. The van der Waals surface area contributed by atoms with Gasteiger partial charge in [0.2, 0.25) is 5.91 Å². The van der Waals surface area contributed by atoms with Crippen LogP contribution in [0, 0.1) is 6.92 Å². The molecule has 2 aromatic heterocycles. The van der Waals surface area contributed by atoms with E-state index >= 15 is 0 Å². The maximum Gasteiger partial charge on any atom is 0.239 e. The van der Waals surface area contributed by atoms with E-state index in [1.807, 2.05) is 37.4 Å². The van der Waals surface area contributed by atoms with Crippen LogP contribution < -0.4 is 15.5 Å². The van der Waals surface area contributed by atoms with Gasteiger partial charge in [-0.05, 0) is 43.5 Å². The Morgan fingerprint density at radius 2 is 2.25 bits per heavy atom. The molecule has 1 saturated heterocycles. The van der Waals surface area contributed by atoms with Crippen LogP contribution in [0.2, 0.25) is 5.02 Å². The highest BCUT2D eigenvalue weighted by Gasteiger charge is 2.23. The van der Waals surface area contributed by atoms with Crippen LogP contribution in [0.1, 0.15) is 18.4 Å². The Labute approximate surface area is 168 Å². The molecule has 1 aromatic carbocycles. The van der Waals surface area contributed by atoms with Crippen molar-refractivity contribution in [3.05, 3.63) is 47.4 Å². The number of piperidine rings is 1. The van der Waals surface area contributed by atoms with Crippen LogP contribution in [-0.4, -0.2) is 46.5 Å². The number of H-pyrrole nitrogens is 1. The van der Waals surface area contributed by atoms with E-state index in [-0.39, 0.29) is 18.5 Å². The van der Waals surface area contributed by atoms with Crippen LogP contribution in [0.5, 0.6) is 0 Å². The summed E-state index contributed by atoms with van der Waals surface area (Å²) < 4.78 is 0. The van der Waals surface area contributed by atoms with Crippen LogP contribution in [0.4, 0.5) is 11.5 Å². The Hall–Kier alpha value is -2.80. The van der Waals surface area contributed by atoms with Gasteiger partial charge in [-0.1, -0.05) is 17.7 Å². The molecule has 146 valence electrons. The van der Waals surface area contributed by atoms with Crippen molar-refractivity contribution in [3.63, 3.8) is 0 Å². The first-order valence-corrected chi connectivity index (χ1v) is 9.81. The summed E-state index contributed by atoms with van der Waals surface area (Å²) in [5, 5.41) is 8.01. The highest BCUT2D eigenvalue weighted by Crippen LogP contribution is 2.25. The quantitative estimate of drug-likeness (QED) is 0.614. The summed E-state index contributed by atoms with van der Waals surface area (Å²) in [6.07, 6.45) is 5.41. The van der Waals surface area contributed by atoms with Gasteiger partial charge in [0.05, 0.1) is 11.9 Å². The van der Waals surface area contributed by atoms with Crippen LogP contribution in [0.15, 0.2) is 36.8 Å². The molecule has 1 atom stereocenters. The number of benzene rings is 1. The number of aromatic nitrogens is 3. The lowest BCUT2D eigenvalue weighted by atomic mass is 10.1. The first kappa shape index (κ1) is 18.6. The second-order valence-corrected chi connectivity index (χ2v) is 7.46. The zero-order chi connectivity index (χ0) is 19.5. The number of fused-ring (bicyclic) bond motifs is 1. The fourth-order valence-electron chi connectivity index (χ4n) is 3.65. The Balaban J connectivity index is 1.36. The first-order chi connectivity index (χ1) is 13.6. The Morgan fingerprint density at radius 3 is 3.14 bits per heavy atom. The van der Waals surface area contributed by atoms with Gasteiger partial charge in [-0.2, -0.15) is 0 Å². The maximum absolute atomic E-state index is 12.4. The number of nitrogens with one attached hydrogen (secondary N) is 3. The van der Waals surface area contributed by atoms with Crippen molar-refractivity contribution in [1.29, 1.82) is 0 Å². The third-order valence-electron chi connectivity index (χ3n) is 5.13. The highest BCUT2D eigenvalue weighted by molar-refractivity contribution is 6.31. The van der Waals surface area contributed by atoms with E-state index in [2.05, 4.69) is 30.5 Å². The third kappa shape index (κ3) is 3.89. The molecule has 0 bridgehead atoms. The van der Waals surface area contributed by atoms with Crippen LogP contribution in [0.3, 0.4) is 0 Å². The molecule has 28 heavy (non-hydrogen) atoms. The van der Waals surface area contributed by atoms with Gasteiger partial charge in [-0.3, -0.25) is 4.79 Å². The van der Waals surface area contributed by atoms with Crippen molar-refractivity contribution in [2.45, 2.75) is 25.8 Å². The van der Waals surface area contributed by atoms with Crippen LogP contribution in [-0.2, 0) is 4.79 Å². The standard InChI is InChI=1S/C20H23ClN6O/c1-13-16(21)5-2-6-17(13)23-10-18(28)26-14-4-3-9-27(11-14)20-15-7-8-22-19(15)24-12-25-20/h2,5-8,12,14,23H,3-4,9-11H2,1H3,(H,26,28)(H,22,24,25)/t14-/m1/s1. The number of carbonyl (C=O) groups is 1. The lowest BCUT2D eigenvalue weighted by molar-refractivity contribution is -0.120. The van der Waals surface area contributed by atoms with Gasteiger partial charge in [0.25, 0.3) is 0 Å². The van der Waals surface area contributed by atoms with Gasteiger partial charge < -0.3 is 20.5 Å². The molecule has 1 aliphatic rings. The third-order valence-corrected chi connectivity index (χ3v) is 5.54. The number of aromatic amines is 1. The molecule has 1 fully saturated rings. The van der Waals surface area contributed by atoms with E-state index in [1.54, 1.807) is 6.33 Å². The van der Waals surface area contributed by atoms with Gasteiger partial charge in [-0.25, -0.2) is 9.97 Å². The zero-order valence-corrected chi connectivity index (χ0v) is 16.5. The number of carbonyl (C=O) groups excluding carboxylic acids is 1. The smallest absolute Gasteiger partial charge is 0.239 e. The summed E-state index contributed by atoms with van der Waals surface area (Å²) in [4.78, 5) is 26.5. The lowest BCUT2D eigenvalue weighted by Crippen LogP contribution is -2.49. The molecule has 3 heterocycles. The van der Waals surface area contributed by atoms with E-state index in [9.17, 15) is 4.79 Å². The Morgan fingerprint density at radius 1 is 1.36 bits per heavy atom. The molecule has 1 aliphatic heterocycles. The molecule has 4 rings (SSSR count). The topological polar surface area (TPSA) is 85.9 Å². The van der Waals surface area contributed by atoms with Crippen LogP contribution in [0.25, 0.3) is 11.0 Å². The van der Waals surface area contributed by atoms with E-state index in [0.29, 0.717) is 5.02 Å². The molecule has 3 aromatic rings. The monoisotopic (exact) mass is 398 g/mol. The number of halogens is 1. The molecule has 1 amide bonds. The van der Waals surface area contributed by atoms with Crippen LogP contribution >= 0.6 is 11.6 Å². The van der Waals surface area contributed by atoms with Gasteiger partial charge in [0, 0.05) is 36.0 Å². The summed E-state index contributed by atoms with van der Waals surface area (Å²) in [6, 6.07) is 7.72. The lowest BCUT2D eigenvalue weighted by Gasteiger charge is -2.34. The summed E-state index contributed by atoms with van der Waals surface area (Å²) in [5.74, 6) is 0.888. The molecule has 3 N–H and O–H groups in total. The average molecular weight is 399 g/mol. The summed E-state index contributed by atoms with van der Waals surface area (Å²) in [7, 11) is 0. The SMILES string of the molecule is Cc1c(Cl)cccc1NCC(=O)N[C@@H]1CCCN(c2ncnc3[nH]ccc23)C1. The van der Waals surface area contributed by atoms with Gasteiger partial charge in [-0.15, -0.1) is 0 Å². The molecule has 0 aliphatic carbocycles. The predicted octanol–water partition coefficient (Wildman–Crippen LogP) is 3.12. The molecule has 0 spiro atoms. The van der Waals surface area contributed by atoms with Gasteiger partial charge >= 0.3 is 0 Å². The molecule has 0 saturated carbocycles. The number of hydrogen-bond acceptors (Lipinski definition) is 5. The first-order valence-electron chi connectivity index (χ1n) is 9.43. The van der Waals surface area contributed by atoms with Crippen molar-refractivity contribution in [2.75, 3.05) is 29.9 Å². The predicted molar refractivity (Wildman–Crippen MR) is 112 cm³/mol. The van der Waals surface area contributed by atoms with Crippen molar-refractivity contribution in [3.8, 4) is 0 Å². The number of anilines is 2. The van der Waals surface area contributed by atoms with E-state index < -0.39 is 0 Å². The number of hydrogen-bond donors (Lipinski definition) is 3. The number of rotatable bonds is 5. The fraction of sp³-hybridized carbons (Fsp3) is 0.350. The molecular weight excluding hydrogens is 376 g/mol. The minimum atomic E-state index is -0.0271.